The second-order valence-electron chi connectivity index (χ2n) is 10.7. The Kier molecular flexibility index (Phi) is 11.3. The van der Waals surface area contributed by atoms with E-state index in [0.717, 1.165) is 18.4 Å². The van der Waals surface area contributed by atoms with Crippen LogP contribution < -0.4 is 5.32 Å². The zero-order chi connectivity index (χ0) is 27.0. The molecule has 0 bridgehead atoms. The van der Waals surface area contributed by atoms with Crippen molar-refractivity contribution in [2.24, 2.45) is 23.7 Å². The SMILES string of the molecule is CCC/C=C/[C@H](OC)[C@@H](O)C(C)/C=C(/C)[C@@H]1OC(=O)C(C)C(O)(CCCC2CC(=O)NC(=O)C2)[C@H]1C. The monoisotopic (exact) mass is 507 g/mol. The van der Waals surface area contributed by atoms with Crippen molar-refractivity contribution in [3.05, 3.63) is 23.8 Å². The molecular weight excluding hydrogens is 462 g/mol. The highest BCUT2D eigenvalue weighted by Crippen LogP contribution is 2.42. The maximum Gasteiger partial charge on any atom is 0.312 e. The first-order valence-corrected chi connectivity index (χ1v) is 13.3. The molecular formula is C28H45NO7. The number of cyclic esters (lactones) is 1. The van der Waals surface area contributed by atoms with Gasteiger partial charge in [0, 0.05) is 31.8 Å². The summed E-state index contributed by atoms with van der Waals surface area (Å²) in [6.45, 7) is 9.40. The predicted molar refractivity (Wildman–Crippen MR) is 137 cm³/mol. The van der Waals surface area contributed by atoms with Gasteiger partial charge in [0.2, 0.25) is 11.8 Å². The molecule has 7 atom stereocenters. The van der Waals surface area contributed by atoms with Crippen LogP contribution in [0.1, 0.15) is 79.6 Å². The van der Waals surface area contributed by atoms with E-state index in [1.807, 2.05) is 39.0 Å². The smallest absolute Gasteiger partial charge is 0.312 e. The van der Waals surface area contributed by atoms with Crippen molar-refractivity contribution in [3.8, 4) is 0 Å². The first-order chi connectivity index (χ1) is 16.9. The molecule has 2 heterocycles. The Morgan fingerprint density at radius 3 is 2.47 bits per heavy atom. The highest BCUT2D eigenvalue weighted by molar-refractivity contribution is 5.97. The van der Waals surface area contributed by atoms with Crippen molar-refractivity contribution >= 4 is 17.8 Å². The van der Waals surface area contributed by atoms with Crippen LogP contribution in [0.15, 0.2) is 23.8 Å². The van der Waals surface area contributed by atoms with Crippen LogP contribution in [0.2, 0.25) is 0 Å². The van der Waals surface area contributed by atoms with Gasteiger partial charge in [0.15, 0.2) is 0 Å². The standard InChI is InChI=1S/C28H45NO7/c1-7-8-9-12-22(35-6)25(32)17(2)14-18(3)26-19(4)28(34,20(5)27(33)36-26)13-10-11-21-15-23(30)29-24(31)16-21/h9,12,14,17,19-22,25-26,32,34H,7-8,10-11,13,15-16H2,1-6H3,(H,29,30,31)/b12-9+,18-14-/t17?,19-,20?,22-,25-,26-,28?/m0/s1. The number of unbranched alkanes of at least 4 members (excludes halogenated alkanes) is 1. The van der Waals surface area contributed by atoms with E-state index in [4.69, 9.17) is 9.47 Å². The summed E-state index contributed by atoms with van der Waals surface area (Å²) in [5.74, 6) is -2.35. The summed E-state index contributed by atoms with van der Waals surface area (Å²) >= 11 is 0. The minimum atomic E-state index is -1.28. The summed E-state index contributed by atoms with van der Waals surface area (Å²) in [5, 5.41) is 24.8. The third-order valence-corrected chi connectivity index (χ3v) is 7.91. The Labute approximate surface area is 215 Å². The number of carbonyl (C=O) groups excluding carboxylic acids is 3. The number of imide groups is 1. The number of aliphatic hydroxyl groups excluding tert-OH is 1. The van der Waals surface area contributed by atoms with Crippen molar-refractivity contribution < 1.29 is 34.1 Å². The second-order valence-corrected chi connectivity index (χ2v) is 10.7. The zero-order valence-electron chi connectivity index (χ0n) is 22.7. The number of ether oxygens (including phenoxy) is 2. The van der Waals surface area contributed by atoms with Crippen LogP contribution in [-0.2, 0) is 23.9 Å². The number of allylic oxidation sites excluding steroid dienone is 1. The average molecular weight is 508 g/mol. The molecule has 0 aromatic carbocycles. The molecule has 3 unspecified atom stereocenters. The van der Waals surface area contributed by atoms with Crippen molar-refractivity contribution in [3.63, 3.8) is 0 Å². The summed E-state index contributed by atoms with van der Waals surface area (Å²) in [6, 6.07) is 0. The van der Waals surface area contributed by atoms with Gasteiger partial charge in [-0.3, -0.25) is 19.7 Å². The molecule has 0 spiro atoms. The number of esters is 1. The lowest BCUT2D eigenvalue weighted by Crippen LogP contribution is -2.57. The highest BCUT2D eigenvalue weighted by Gasteiger charge is 2.52. The van der Waals surface area contributed by atoms with Gasteiger partial charge in [0.25, 0.3) is 0 Å². The lowest BCUT2D eigenvalue weighted by molar-refractivity contribution is -0.195. The summed E-state index contributed by atoms with van der Waals surface area (Å²) in [4.78, 5) is 36.1. The Bertz CT molecular complexity index is 822. The normalized spacial score (nSPS) is 30.7. The topological polar surface area (TPSA) is 122 Å². The van der Waals surface area contributed by atoms with E-state index in [-0.39, 0.29) is 29.6 Å². The lowest BCUT2D eigenvalue weighted by Gasteiger charge is -2.46. The number of hydrogen-bond acceptors (Lipinski definition) is 7. The number of aliphatic hydroxyl groups is 2. The molecule has 2 rings (SSSR count). The average Bonchev–Trinajstić information content (AvgIpc) is 2.82. The predicted octanol–water partition coefficient (Wildman–Crippen LogP) is 3.45. The molecule has 8 nitrogen and oxygen atoms in total. The number of hydrogen-bond donors (Lipinski definition) is 3. The molecule has 0 saturated carbocycles. The molecule has 0 aromatic heterocycles. The second kappa shape index (κ2) is 13.5. The quantitative estimate of drug-likeness (QED) is 0.210. The molecule has 0 aliphatic carbocycles. The maximum absolute atomic E-state index is 12.8. The van der Waals surface area contributed by atoms with Gasteiger partial charge < -0.3 is 19.7 Å². The molecule has 36 heavy (non-hydrogen) atoms. The first kappa shape index (κ1) is 30.2. The molecule has 0 radical (unpaired) electrons. The fourth-order valence-corrected chi connectivity index (χ4v) is 5.49. The zero-order valence-corrected chi connectivity index (χ0v) is 22.7. The molecule has 2 fully saturated rings. The van der Waals surface area contributed by atoms with Gasteiger partial charge >= 0.3 is 5.97 Å². The van der Waals surface area contributed by atoms with E-state index in [0.29, 0.717) is 32.1 Å². The van der Waals surface area contributed by atoms with Crippen LogP contribution in [0.5, 0.6) is 0 Å². The summed E-state index contributed by atoms with van der Waals surface area (Å²) in [5.41, 5.74) is -0.509. The van der Waals surface area contributed by atoms with Crippen molar-refractivity contribution in [2.75, 3.05) is 7.11 Å². The van der Waals surface area contributed by atoms with E-state index in [2.05, 4.69) is 12.2 Å². The molecule has 204 valence electrons. The van der Waals surface area contributed by atoms with Crippen LogP contribution in [0.25, 0.3) is 0 Å². The Morgan fingerprint density at radius 2 is 1.89 bits per heavy atom. The van der Waals surface area contributed by atoms with E-state index in [1.54, 1.807) is 14.0 Å². The van der Waals surface area contributed by atoms with Gasteiger partial charge in [-0.15, -0.1) is 0 Å². The molecule has 8 heteroatoms. The van der Waals surface area contributed by atoms with Crippen LogP contribution in [-0.4, -0.2) is 59.0 Å². The molecule has 2 aliphatic rings. The Hall–Kier alpha value is -2.03. The van der Waals surface area contributed by atoms with E-state index < -0.39 is 35.8 Å². The first-order valence-electron chi connectivity index (χ1n) is 13.3. The van der Waals surface area contributed by atoms with Crippen LogP contribution >= 0.6 is 0 Å². The molecule has 2 amide bonds. The maximum atomic E-state index is 12.8. The van der Waals surface area contributed by atoms with Crippen LogP contribution in [0, 0.1) is 23.7 Å². The Balaban J connectivity index is 2.10. The van der Waals surface area contributed by atoms with E-state index in [1.165, 1.54) is 0 Å². The minimum absolute atomic E-state index is 0.0455. The van der Waals surface area contributed by atoms with Crippen LogP contribution in [0.4, 0.5) is 0 Å². The summed E-state index contributed by atoms with van der Waals surface area (Å²) in [7, 11) is 1.57. The fourth-order valence-electron chi connectivity index (χ4n) is 5.49. The Morgan fingerprint density at radius 1 is 1.25 bits per heavy atom. The third-order valence-electron chi connectivity index (χ3n) is 7.91. The number of amides is 2. The fraction of sp³-hybridized carbons (Fsp3) is 0.750. The number of carbonyl (C=O) groups is 3. The molecule has 2 aliphatic heterocycles. The van der Waals surface area contributed by atoms with Gasteiger partial charge in [-0.05, 0) is 44.6 Å². The number of methoxy groups -OCH3 is 1. The van der Waals surface area contributed by atoms with Gasteiger partial charge in [-0.1, -0.05) is 51.8 Å². The van der Waals surface area contributed by atoms with Gasteiger partial charge in [0.05, 0.1) is 17.6 Å². The van der Waals surface area contributed by atoms with Gasteiger partial charge in [0.1, 0.15) is 12.2 Å². The number of piperidine rings is 1. The van der Waals surface area contributed by atoms with Gasteiger partial charge in [-0.25, -0.2) is 0 Å². The van der Waals surface area contributed by atoms with Crippen LogP contribution in [0.3, 0.4) is 0 Å². The number of rotatable bonds is 12. The van der Waals surface area contributed by atoms with E-state index >= 15 is 0 Å². The number of nitrogens with one attached hydrogen (secondary N) is 1. The van der Waals surface area contributed by atoms with E-state index in [9.17, 15) is 24.6 Å². The summed E-state index contributed by atoms with van der Waals surface area (Å²) in [6.07, 6.45) is 8.04. The molecule has 3 N–H and O–H groups in total. The summed E-state index contributed by atoms with van der Waals surface area (Å²) < 4.78 is 11.2. The van der Waals surface area contributed by atoms with Crippen molar-refractivity contribution in [2.45, 2.75) is 103 Å². The third kappa shape index (κ3) is 7.49. The largest absolute Gasteiger partial charge is 0.457 e. The molecule has 2 saturated heterocycles. The highest BCUT2D eigenvalue weighted by atomic mass is 16.6. The van der Waals surface area contributed by atoms with Crippen molar-refractivity contribution in [1.82, 2.24) is 5.32 Å². The minimum Gasteiger partial charge on any atom is -0.457 e. The molecule has 0 aromatic rings. The van der Waals surface area contributed by atoms with Gasteiger partial charge in [-0.2, -0.15) is 0 Å². The lowest BCUT2D eigenvalue weighted by atomic mass is 9.69. The van der Waals surface area contributed by atoms with Crippen molar-refractivity contribution in [1.29, 1.82) is 0 Å².